The lowest BCUT2D eigenvalue weighted by atomic mass is 9.90. The summed E-state index contributed by atoms with van der Waals surface area (Å²) in [5.41, 5.74) is 2.80. The van der Waals surface area contributed by atoms with Crippen LogP contribution in [0.1, 0.15) is 37.5 Å². The zero-order valence-electron chi connectivity index (χ0n) is 30.3. The van der Waals surface area contributed by atoms with Crippen molar-refractivity contribution in [1.82, 2.24) is 19.6 Å². The third kappa shape index (κ3) is 10.7. The summed E-state index contributed by atoms with van der Waals surface area (Å²) in [6.45, 7) is 6.10. The topological polar surface area (TPSA) is 214 Å². The number of amides is 2. The highest BCUT2D eigenvalue weighted by Crippen LogP contribution is 2.27. The van der Waals surface area contributed by atoms with Gasteiger partial charge in [0, 0.05) is 35.0 Å². The number of anilines is 2. The van der Waals surface area contributed by atoms with Crippen molar-refractivity contribution in [3.63, 3.8) is 0 Å². The molecule has 0 aliphatic heterocycles. The van der Waals surface area contributed by atoms with Gasteiger partial charge in [0.2, 0.25) is 31.9 Å². The maximum Gasteiger partial charge on any atom is 0.240 e. The van der Waals surface area contributed by atoms with E-state index in [2.05, 4.69) is 20.8 Å². The smallest absolute Gasteiger partial charge is 0.240 e. The van der Waals surface area contributed by atoms with Crippen molar-refractivity contribution >= 4 is 54.8 Å². The van der Waals surface area contributed by atoms with Gasteiger partial charge in [0.1, 0.15) is 15.6 Å². The van der Waals surface area contributed by atoms with Crippen LogP contribution >= 0.6 is 11.6 Å². The second-order valence-electron chi connectivity index (χ2n) is 13.5. The van der Waals surface area contributed by atoms with Gasteiger partial charge in [-0.25, -0.2) is 40.9 Å². The first-order valence-corrected chi connectivity index (χ1v) is 20.2. The Morgan fingerprint density at radius 3 is 1.73 bits per heavy atom. The summed E-state index contributed by atoms with van der Waals surface area (Å²) in [6, 6.07) is 23.3. The Morgan fingerprint density at radius 2 is 1.25 bits per heavy atom. The number of nitrogens with two attached hydrogens (primary N) is 2. The van der Waals surface area contributed by atoms with Crippen molar-refractivity contribution in [3.8, 4) is 11.4 Å². The van der Waals surface area contributed by atoms with Crippen LogP contribution in [0.15, 0.2) is 126 Å². The van der Waals surface area contributed by atoms with E-state index in [-0.39, 0.29) is 50.9 Å². The molecule has 4 aromatic carbocycles. The van der Waals surface area contributed by atoms with Crippen LogP contribution < -0.4 is 20.9 Å². The first-order chi connectivity index (χ1) is 26.3. The molecule has 0 spiro atoms. The van der Waals surface area contributed by atoms with Gasteiger partial charge in [-0.05, 0) is 76.7 Å². The normalized spacial score (nSPS) is 11.7. The molecule has 6 N–H and O–H groups in total. The monoisotopic (exact) mass is 820 g/mol. The van der Waals surface area contributed by atoms with Crippen LogP contribution in [0.3, 0.4) is 0 Å². The summed E-state index contributed by atoms with van der Waals surface area (Å²) in [6.07, 6.45) is 6.39. The lowest BCUT2D eigenvalue weighted by Crippen LogP contribution is -2.18. The Balaban J connectivity index is 0.000000216. The molecule has 2 heterocycles. The van der Waals surface area contributed by atoms with Gasteiger partial charge in [0.05, 0.1) is 30.4 Å². The second-order valence-corrected chi connectivity index (χ2v) is 16.9. The molecule has 0 fully saturated rings. The van der Waals surface area contributed by atoms with Crippen molar-refractivity contribution in [2.75, 3.05) is 10.6 Å². The van der Waals surface area contributed by atoms with E-state index in [9.17, 15) is 30.8 Å². The minimum Gasteiger partial charge on any atom is -0.326 e. The highest BCUT2D eigenvalue weighted by atomic mass is 35.5. The van der Waals surface area contributed by atoms with Gasteiger partial charge in [0.15, 0.2) is 0 Å². The number of carbonyl (C=O) groups excluding carboxylic acids is 2. The van der Waals surface area contributed by atoms with Crippen LogP contribution in [0, 0.1) is 5.82 Å². The molecule has 56 heavy (non-hydrogen) atoms. The molecule has 6 rings (SSSR count). The van der Waals surface area contributed by atoms with Gasteiger partial charge in [-0.15, -0.1) is 0 Å². The Hall–Kier alpha value is -5.72. The fraction of sp³-hybridized carbons (Fsp3) is 0.158. The van der Waals surface area contributed by atoms with Crippen LogP contribution in [0.5, 0.6) is 0 Å². The average molecular weight is 821 g/mol. The molecule has 0 atom stereocenters. The fourth-order valence-electron chi connectivity index (χ4n) is 5.31. The summed E-state index contributed by atoms with van der Waals surface area (Å²) >= 11 is 6.09. The molecule has 18 heteroatoms. The van der Waals surface area contributed by atoms with Crippen LogP contribution in [0.2, 0.25) is 5.02 Å². The maximum atomic E-state index is 13.6. The second kappa shape index (κ2) is 17.0. The van der Waals surface area contributed by atoms with Crippen LogP contribution in [0.4, 0.5) is 15.8 Å². The predicted octanol–water partition coefficient (Wildman–Crippen LogP) is 5.49. The lowest BCUT2D eigenvalue weighted by Gasteiger charge is -2.15. The van der Waals surface area contributed by atoms with Gasteiger partial charge < -0.3 is 10.6 Å². The molecular formula is C38H38ClFN8O6S2. The van der Waals surface area contributed by atoms with E-state index in [0.29, 0.717) is 22.0 Å². The lowest BCUT2D eigenvalue weighted by molar-refractivity contribution is -0.116. The highest BCUT2D eigenvalue weighted by molar-refractivity contribution is 7.89. The predicted molar refractivity (Wildman–Crippen MR) is 211 cm³/mol. The fourth-order valence-corrected chi connectivity index (χ4v) is 7.00. The summed E-state index contributed by atoms with van der Waals surface area (Å²) in [5.74, 6) is -1.30. The number of carbonyl (C=O) groups is 2. The van der Waals surface area contributed by atoms with E-state index in [1.54, 1.807) is 67.1 Å². The first kappa shape index (κ1) is 41.4. The van der Waals surface area contributed by atoms with Gasteiger partial charge in [-0.3, -0.25) is 9.59 Å². The molecule has 0 bridgehead atoms. The molecular weight excluding hydrogens is 783 g/mol. The van der Waals surface area contributed by atoms with E-state index in [1.807, 2.05) is 20.8 Å². The molecule has 0 saturated heterocycles. The van der Waals surface area contributed by atoms with E-state index in [1.165, 1.54) is 58.0 Å². The van der Waals surface area contributed by atoms with Gasteiger partial charge in [-0.1, -0.05) is 68.8 Å². The van der Waals surface area contributed by atoms with Crippen molar-refractivity contribution in [1.29, 1.82) is 0 Å². The number of aromatic nitrogens is 4. The molecule has 0 aliphatic carbocycles. The quantitative estimate of drug-likeness (QED) is 0.138. The van der Waals surface area contributed by atoms with E-state index in [4.69, 9.17) is 21.9 Å². The van der Waals surface area contributed by atoms with E-state index in [0.717, 1.165) is 5.56 Å². The summed E-state index contributed by atoms with van der Waals surface area (Å²) in [5, 5.41) is 24.7. The number of hydrogen-bond acceptors (Lipinski definition) is 8. The largest absolute Gasteiger partial charge is 0.326 e. The van der Waals surface area contributed by atoms with Gasteiger partial charge in [-0.2, -0.15) is 10.2 Å². The molecule has 2 aromatic heterocycles. The third-order valence-electron chi connectivity index (χ3n) is 8.16. The Bertz CT molecular complexity index is 2610. The summed E-state index contributed by atoms with van der Waals surface area (Å²) in [7, 11) is -8.12. The van der Waals surface area contributed by atoms with Crippen LogP contribution in [-0.4, -0.2) is 48.2 Å². The van der Waals surface area contributed by atoms with Crippen molar-refractivity contribution in [3.05, 3.63) is 143 Å². The van der Waals surface area contributed by atoms with Gasteiger partial charge >= 0.3 is 0 Å². The molecule has 0 saturated carbocycles. The minimum atomic E-state index is -4.06. The molecule has 0 unspecified atom stereocenters. The third-order valence-corrected chi connectivity index (χ3v) is 10.4. The Labute approximate surface area is 328 Å². The SMILES string of the molecule is CC(C)(C)c1cnn(-c2ccc(NC(=O)Cc3ccccc3Cl)cc2S(N)(=O)=O)c1.NS(=O)(=O)c1cc(NC(=O)Cc2ccccc2F)ccc1-n1cccn1. The number of hydrogen-bond donors (Lipinski definition) is 4. The first-order valence-electron chi connectivity index (χ1n) is 16.8. The number of benzene rings is 4. The van der Waals surface area contributed by atoms with E-state index >= 15 is 0 Å². The number of halogens is 2. The molecule has 14 nitrogen and oxygen atoms in total. The Kier molecular flexibility index (Phi) is 12.6. The molecule has 292 valence electrons. The van der Waals surface area contributed by atoms with E-state index < -0.39 is 31.8 Å². The number of nitrogens with one attached hydrogen (secondary N) is 2. The minimum absolute atomic E-state index is 0.0558. The number of nitrogens with zero attached hydrogens (tertiary/aromatic N) is 4. The zero-order chi connectivity index (χ0) is 40.8. The van der Waals surface area contributed by atoms with Crippen molar-refractivity contribution in [2.24, 2.45) is 10.3 Å². The molecule has 0 aliphatic rings. The maximum absolute atomic E-state index is 13.6. The summed E-state index contributed by atoms with van der Waals surface area (Å²) in [4.78, 5) is 24.2. The Morgan fingerprint density at radius 1 is 0.732 bits per heavy atom. The number of primary sulfonamides is 2. The molecule has 2 amide bonds. The standard InChI is InChI=1S/C21H23ClN4O3S.C17H15FN4O3S/c1-21(2,3)15-12-24-26(13-15)18-9-8-16(11-19(18)30(23,28)29)25-20(27)10-14-6-4-5-7-17(14)22;18-14-5-2-1-4-12(14)10-17(23)21-13-6-7-15(22-9-3-8-20-22)16(11-13)26(19,24)25/h4-9,11-13H,10H2,1-3H3,(H,25,27)(H2,23,28,29);1-9,11H,10H2,(H,21,23)(H2,19,24,25). The average Bonchev–Trinajstić information content (AvgIpc) is 3.84. The van der Waals surface area contributed by atoms with Gasteiger partial charge in [0.25, 0.3) is 0 Å². The molecule has 6 aromatic rings. The van der Waals surface area contributed by atoms with Crippen molar-refractivity contribution < 1.29 is 30.8 Å². The molecule has 0 radical (unpaired) electrons. The number of rotatable bonds is 10. The zero-order valence-corrected chi connectivity index (χ0v) is 32.7. The number of sulfonamides is 2. The summed E-state index contributed by atoms with van der Waals surface area (Å²) < 4.78 is 64.7. The van der Waals surface area contributed by atoms with Crippen LogP contribution in [0.25, 0.3) is 11.4 Å². The van der Waals surface area contributed by atoms with Crippen molar-refractivity contribution in [2.45, 2.75) is 48.8 Å². The van der Waals surface area contributed by atoms with Crippen LogP contribution in [-0.2, 0) is 47.9 Å². The highest BCUT2D eigenvalue weighted by Gasteiger charge is 2.22.